The highest BCUT2D eigenvalue weighted by atomic mass is 16.2. The van der Waals surface area contributed by atoms with E-state index >= 15 is 0 Å². The van der Waals surface area contributed by atoms with Crippen LogP contribution in [0.15, 0.2) is 18.2 Å². The van der Waals surface area contributed by atoms with E-state index in [2.05, 4.69) is 24.1 Å². The van der Waals surface area contributed by atoms with Crippen molar-refractivity contribution in [3.8, 4) is 0 Å². The summed E-state index contributed by atoms with van der Waals surface area (Å²) in [5, 5.41) is 2.87. The molecular formula is C12H17N3O. The summed E-state index contributed by atoms with van der Waals surface area (Å²) in [6, 6.07) is 5.65. The molecule has 1 unspecified atom stereocenters. The Morgan fingerprint density at radius 2 is 2.12 bits per heavy atom. The van der Waals surface area contributed by atoms with E-state index in [9.17, 15) is 4.79 Å². The zero-order valence-electron chi connectivity index (χ0n) is 9.82. The van der Waals surface area contributed by atoms with Crippen LogP contribution >= 0.6 is 0 Å². The van der Waals surface area contributed by atoms with E-state index in [1.54, 1.807) is 0 Å². The summed E-state index contributed by atoms with van der Waals surface area (Å²) >= 11 is 0. The second-order valence-electron chi connectivity index (χ2n) is 4.41. The van der Waals surface area contributed by atoms with Gasteiger partial charge in [-0.05, 0) is 32.9 Å². The number of hydrogen-bond donors (Lipinski definition) is 2. The number of nitrogens with zero attached hydrogens (tertiary/aromatic N) is 1. The molecule has 4 heteroatoms. The number of nitrogen functional groups attached to an aromatic ring is 1. The van der Waals surface area contributed by atoms with Crippen LogP contribution in [0.3, 0.4) is 0 Å². The van der Waals surface area contributed by atoms with Crippen LogP contribution in [0.25, 0.3) is 0 Å². The molecular weight excluding hydrogens is 202 g/mol. The number of hydrogen-bond acceptors (Lipinski definition) is 3. The Morgan fingerprint density at radius 1 is 1.44 bits per heavy atom. The first-order valence-electron chi connectivity index (χ1n) is 5.50. The van der Waals surface area contributed by atoms with Gasteiger partial charge in [0, 0.05) is 6.04 Å². The Morgan fingerprint density at radius 3 is 2.75 bits per heavy atom. The number of anilines is 3. The van der Waals surface area contributed by atoms with Gasteiger partial charge in [0.1, 0.15) is 6.04 Å². The monoisotopic (exact) mass is 219 g/mol. The van der Waals surface area contributed by atoms with Crippen LogP contribution in [0.5, 0.6) is 0 Å². The lowest BCUT2D eigenvalue weighted by Crippen LogP contribution is -2.49. The summed E-state index contributed by atoms with van der Waals surface area (Å²) in [5.41, 5.74) is 8.43. The quantitative estimate of drug-likeness (QED) is 0.708. The van der Waals surface area contributed by atoms with Gasteiger partial charge in [-0.1, -0.05) is 6.07 Å². The minimum Gasteiger partial charge on any atom is -0.397 e. The van der Waals surface area contributed by atoms with Crippen LogP contribution in [-0.4, -0.2) is 18.0 Å². The van der Waals surface area contributed by atoms with Crippen molar-refractivity contribution in [2.75, 3.05) is 16.0 Å². The zero-order chi connectivity index (χ0) is 11.9. The first-order valence-corrected chi connectivity index (χ1v) is 5.50. The second kappa shape index (κ2) is 3.70. The van der Waals surface area contributed by atoms with Crippen LogP contribution < -0.4 is 16.0 Å². The number of rotatable bonds is 1. The van der Waals surface area contributed by atoms with E-state index in [-0.39, 0.29) is 18.0 Å². The molecule has 3 N–H and O–H groups in total. The molecule has 1 aromatic rings. The largest absolute Gasteiger partial charge is 0.397 e. The molecule has 0 radical (unpaired) electrons. The number of para-hydroxylation sites is 1. The fraction of sp³-hybridized carbons (Fsp3) is 0.417. The van der Waals surface area contributed by atoms with Gasteiger partial charge in [-0.2, -0.15) is 0 Å². The maximum absolute atomic E-state index is 11.8. The SMILES string of the molecule is CC(C)N1c2c(N)cccc2NC(=O)C1C. The summed E-state index contributed by atoms with van der Waals surface area (Å²) in [6.45, 7) is 6.02. The number of nitrogens with two attached hydrogens (primary N) is 1. The number of carbonyl (C=O) groups excluding carboxylic acids is 1. The fourth-order valence-electron chi connectivity index (χ4n) is 2.21. The molecule has 86 valence electrons. The average Bonchev–Trinajstić information content (AvgIpc) is 2.20. The molecule has 0 spiro atoms. The molecule has 1 atom stereocenters. The lowest BCUT2D eigenvalue weighted by Gasteiger charge is -2.39. The number of amides is 1. The Hall–Kier alpha value is -1.71. The van der Waals surface area contributed by atoms with E-state index < -0.39 is 0 Å². The van der Waals surface area contributed by atoms with E-state index in [4.69, 9.17) is 5.73 Å². The van der Waals surface area contributed by atoms with Crippen LogP contribution in [0.1, 0.15) is 20.8 Å². The third-order valence-electron chi connectivity index (χ3n) is 2.94. The third-order valence-corrected chi connectivity index (χ3v) is 2.94. The molecule has 0 bridgehead atoms. The van der Waals surface area contributed by atoms with Crippen molar-refractivity contribution in [2.24, 2.45) is 0 Å². The first-order chi connectivity index (χ1) is 7.52. The minimum absolute atomic E-state index is 0.0202. The van der Waals surface area contributed by atoms with E-state index in [0.717, 1.165) is 11.4 Å². The highest BCUT2D eigenvalue weighted by Gasteiger charge is 2.32. The third kappa shape index (κ3) is 1.50. The van der Waals surface area contributed by atoms with Gasteiger partial charge in [0.25, 0.3) is 0 Å². The molecule has 1 amide bonds. The number of carbonyl (C=O) groups is 1. The molecule has 1 heterocycles. The minimum atomic E-state index is -0.183. The summed E-state index contributed by atoms with van der Waals surface area (Å²) in [6.07, 6.45) is 0. The van der Waals surface area contributed by atoms with E-state index in [0.29, 0.717) is 5.69 Å². The van der Waals surface area contributed by atoms with E-state index in [1.807, 2.05) is 25.1 Å². The van der Waals surface area contributed by atoms with Gasteiger partial charge in [0.2, 0.25) is 5.91 Å². The fourth-order valence-corrected chi connectivity index (χ4v) is 2.21. The number of nitrogens with one attached hydrogen (secondary N) is 1. The summed E-state index contributed by atoms with van der Waals surface area (Å²) in [7, 11) is 0. The Labute approximate surface area is 95.4 Å². The molecule has 1 aromatic carbocycles. The molecule has 2 rings (SSSR count). The number of fused-ring (bicyclic) bond motifs is 1. The maximum atomic E-state index is 11.8. The summed E-state index contributed by atoms with van der Waals surface area (Å²) in [4.78, 5) is 13.8. The van der Waals surface area contributed by atoms with Gasteiger partial charge >= 0.3 is 0 Å². The zero-order valence-corrected chi connectivity index (χ0v) is 9.82. The van der Waals surface area contributed by atoms with Gasteiger partial charge in [-0.25, -0.2) is 0 Å². The maximum Gasteiger partial charge on any atom is 0.246 e. The van der Waals surface area contributed by atoms with Gasteiger partial charge in [0.05, 0.1) is 17.1 Å². The first kappa shape index (κ1) is 10.8. The Bertz CT molecular complexity index is 428. The van der Waals surface area contributed by atoms with Gasteiger partial charge in [-0.15, -0.1) is 0 Å². The summed E-state index contributed by atoms with van der Waals surface area (Å²) < 4.78 is 0. The molecule has 0 aliphatic carbocycles. The van der Waals surface area contributed by atoms with Crippen molar-refractivity contribution < 1.29 is 4.79 Å². The molecule has 1 aliphatic heterocycles. The molecule has 0 aromatic heterocycles. The topological polar surface area (TPSA) is 58.4 Å². The highest BCUT2D eigenvalue weighted by molar-refractivity contribution is 6.05. The lowest BCUT2D eigenvalue weighted by molar-refractivity contribution is -0.117. The van der Waals surface area contributed by atoms with Crippen molar-refractivity contribution >= 4 is 23.0 Å². The molecule has 4 nitrogen and oxygen atoms in total. The van der Waals surface area contributed by atoms with Crippen LogP contribution in [0.4, 0.5) is 17.1 Å². The standard InChI is InChI=1S/C12H17N3O/c1-7(2)15-8(3)12(16)14-10-6-4-5-9(13)11(10)15/h4-8H,13H2,1-3H3,(H,14,16). The van der Waals surface area contributed by atoms with Crippen molar-refractivity contribution in [3.63, 3.8) is 0 Å². The van der Waals surface area contributed by atoms with E-state index in [1.165, 1.54) is 0 Å². The van der Waals surface area contributed by atoms with Crippen molar-refractivity contribution in [3.05, 3.63) is 18.2 Å². The summed E-state index contributed by atoms with van der Waals surface area (Å²) in [5.74, 6) is 0.0202. The lowest BCUT2D eigenvalue weighted by atomic mass is 10.1. The Kier molecular flexibility index (Phi) is 2.50. The molecule has 1 aliphatic rings. The number of benzene rings is 1. The molecule has 16 heavy (non-hydrogen) atoms. The van der Waals surface area contributed by atoms with Gasteiger partial charge in [0.15, 0.2) is 0 Å². The molecule has 0 saturated heterocycles. The predicted octanol–water partition coefficient (Wildman–Crippen LogP) is 1.82. The smallest absolute Gasteiger partial charge is 0.246 e. The molecule has 0 saturated carbocycles. The van der Waals surface area contributed by atoms with Gasteiger partial charge < -0.3 is 16.0 Å². The molecule has 0 fully saturated rings. The average molecular weight is 219 g/mol. The van der Waals surface area contributed by atoms with Crippen LogP contribution in [0, 0.1) is 0 Å². The normalized spacial score (nSPS) is 19.6. The Balaban J connectivity index is 2.58. The van der Waals surface area contributed by atoms with Crippen molar-refractivity contribution in [1.82, 2.24) is 0 Å². The van der Waals surface area contributed by atoms with Crippen molar-refractivity contribution in [1.29, 1.82) is 0 Å². The predicted molar refractivity (Wildman–Crippen MR) is 66.6 cm³/mol. The second-order valence-corrected chi connectivity index (χ2v) is 4.41. The van der Waals surface area contributed by atoms with Crippen LogP contribution in [-0.2, 0) is 4.79 Å². The highest BCUT2D eigenvalue weighted by Crippen LogP contribution is 2.38. The van der Waals surface area contributed by atoms with Crippen LogP contribution in [0.2, 0.25) is 0 Å². The van der Waals surface area contributed by atoms with Crippen molar-refractivity contribution in [2.45, 2.75) is 32.9 Å². The van der Waals surface area contributed by atoms with Gasteiger partial charge in [-0.3, -0.25) is 4.79 Å².